The second-order valence-corrected chi connectivity index (χ2v) is 3.71. The number of aliphatic hydroxyl groups excluding tert-OH is 4. The van der Waals surface area contributed by atoms with E-state index in [1.54, 1.807) is 0 Å². The zero-order valence-electron chi connectivity index (χ0n) is 8.90. The summed E-state index contributed by atoms with van der Waals surface area (Å²) in [5.74, 6) is 0. The molecule has 92 valence electrons. The second-order valence-electron chi connectivity index (χ2n) is 3.71. The molecule has 0 saturated carbocycles. The highest BCUT2D eigenvalue weighted by molar-refractivity contribution is 6.08. The van der Waals surface area contributed by atoms with Crippen molar-refractivity contribution in [3.8, 4) is 0 Å². The summed E-state index contributed by atoms with van der Waals surface area (Å²) in [5, 5.41) is 37.4. The van der Waals surface area contributed by atoms with E-state index in [-0.39, 0.29) is 6.61 Å². The Morgan fingerprint density at radius 1 is 1.12 bits per heavy atom. The van der Waals surface area contributed by atoms with Crippen LogP contribution in [0.5, 0.6) is 0 Å². The van der Waals surface area contributed by atoms with Crippen molar-refractivity contribution in [2.24, 2.45) is 0 Å². The van der Waals surface area contributed by atoms with E-state index in [2.05, 4.69) is 0 Å². The van der Waals surface area contributed by atoms with Crippen LogP contribution in [-0.4, -0.2) is 72.2 Å². The maximum atomic E-state index is 9.55. The molecule has 1 heterocycles. The Hall–Kier alpha value is -0.175. The average Bonchev–Trinajstić information content (AvgIpc) is 2.29. The fraction of sp³-hybridized carbons (Fsp3) is 1.00. The normalized spacial score (nSPS) is 39.9. The Bertz CT molecular complexity index is 202. The molecule has 7 heteroatoms. The van der Waals surface area contributed by atoms with Gasteiger partial charge in [0.1, 0.15) is 24.4 Å². The fourth-order valence-electron chi connectivity index (χ4n) is 1.49. The van der Waals surface area contributed by atoms with E-state index in [1.165, 1.54) is 0 Å². The highest BCUT2D eigenvalue weighted by atomic mass is 16.7. The number of rotatable bonds is 5. The zero-order chi connectivity index (χ0) is 12.1. The van der Waals surface area contributed by atoms with E-state index in [9.17, 15) is 15.3 Å². The van der Waals surface area contributed by atoms with Gasteiger partial charge in [-0.2, -0.15) is 0 Å². The predicted molar refractivity (Wildman–Crippen MR) is 54.9 cm³/mol. The van der Waals surface area contributed by atoms with Crippen molar-refractivity contribution in [2.75, 3.05) is 13.2 Å². The lowest BCUT2D eigenvalue weighted by atomic mass is 9.99. The van der Waals surface area contributed by atoms with Gasteiger partial charge in [-0.1, -0.05) is 6.32 Å². The number of hydrogen-bond acceptors (Lipinski definition) is 6. The summed E-state index contributed by atoms with van der Waals surface area (Å²) in [6, 6.07) is 0. The lowest BCUT2D eigenvalue weighted by molar-refractivity contribution is -0.300. The van der Waals surface area contributed by atoms with Gasteiger partial charge in [0.05, 0.1) is 14.5 Å². The zero-order valence-corrected chi connectivity index (χ0v) is 8.90. The van der Waals surface area contributed by atoms with Gasteiger partial charge in [-0.3, -0.25) is 0 Å². The van der Waals surface area contributed by atoms with Crippen LogP contribution in [0.15, 0.2) is 0 Å². The van der Waals surface area contributed by atoms with Gasteiger partial charge in [0, 0.05) is 6.61 Å². The molecule has 1 saturated heterocycles. The van der Waals surface area contributed by atoms with E-state index in [0.29, 0.717) is 12.7 Å². The third-order valence-corrected chi connectivity index (χ3v) is 2.48. The van der Waals surface area contributed by atoms with Crippen molar-refractivity contribution in [3.05, 3.63) is 0 Å². The van der Waals surface area contributed by atoms with Crippen molar-refractivity contribution in [1.82, 2.24) is 0 Å². The first-order valence-corrected chi connectivity index (χ1v) is 5.24. The molecule has 1 aliphatic rings. The molecule has 1 aliphatic heterocycles. The first-order valence-electron chi connectivity index (χ1n) is 5.24. The Balaban J connectivity index is 2.50. The van der Waals surface area contributed by atoms with Crippen LogP contribution in [0.1, 0.15) is 6.42 Å². The highest BCUT2D eigenvalue weighted by Gasteiger charge is 2.43. The SMILES string of the molecule is [B]CCCOC1O[C@H](CO)[C@@H](O)[C@H](O)[C@@H]1O. The molecule has 0 aromatic rings. The van der Waals surface area contributed by atoms with Crippen LogP contribution in [0.3, 0.4) is 0 Å². The van der Waals surface area contributed by atoms with Gasteiger partial charge in [-0.25, -0.2) is 0 Å². The molecule has 2 radical (unpaired) electrons. The molecule has 5 atom stereocenters. The summed E-state index contributed by atoms with van der Waals surface area (Å²) in [4.78, 5) is 0. The molecule has 1 fully saturated rings. The molecular formula is C9H17BO6. The first kappa shape index (κ1) is 13.9. The predicted octanol–water partition coefficient (Wildman–Crippen LogP) is -2.22. The average molecular weight is 232 g/mol. The molecule has 16 heavy (non-hydrogen) atoms. The lowest BCUT2D eigenvalue weighted by Crippen LogP contribution is -2.59. The summed E-state index contributed by atoms with van der Waals surface area (Å²) in [7, 11) is 5.27. The maximum Gasteiger partial charge on any atom is 0.186 e. The van der Waals surface area contributed by atoms with Crippen LogP contribution >= 0.6 is 0 Å². The summed E-state index contributed by atoms with van der Waals surface area (Å²) in [6.07, 6.45) is -5.03. The number of aliphatic hydroxyl groups is 4. The van der Waals surface area contributed by atoms with Gasteiger partial charge < -0.3 is 29.9 Å². The van der Waals surface area contributed by atoms with E-state index in [4.69, 9.17) is 22.4 Å². The number of ether oxygens (including phenoxy) is 2. The summed E-state index contributed by atoms with van der Waals surface area (Å²) < 4.78 is 10.3. The second kappa shape index (κ2) is 6.53. The molecule has 0 bridgehead atoms. The fourth-order valence-corrected chi connectivity index (χ4v) is 1.49. The van der Waals surface area contributed by atoms with Crippen molar-refractivity contribution in [1.29, 1.82) is 0 Å². The molecule has 0 spiro atoms. The van der Waals surface area contributed by atoms with E-state index >= 15 is 0 Å². The van der Waals surface area contributed by atoms with Gasteiger partial charge in [0.15, 0.2) is 6.29 Å². The monoisotopic (exact) mass is 232 g/mol. The largest absolute Gasteiger partial charge is 0.394 e. The van der Waals surface area contributed by atoms with E-state index in [0.717, 1.165) is 0 Å². The van der Waals surface area contributed by atoms with Gasteiger partial charge in [0.25, 0.3) is 0 Å². The van der Waals surface area contributed by atoms with Crippen molar-refractivity contribution < 1.29 is 29.9 Å². The molecule has 0 aliphatic carbocycles. The Labute approximate surface area is 95.2 Å². The minimum absolute atomic E-state index is 0.277. The van der Waals surface area contributed by atoms with Crippen molar-refractivity contribution >= 4 is 7.85 Å². The minimum atomic E-state index is -1.39. The maximum absolute atomic E-state index is 9.55. The molecule has 0 aromatic carbocycles. The minimum Gasteiger partial charge on any atom is -0.394 e. The summed E-state index contributed by atoms with van der Waals surface area (Å²) in [6.45, 7) is -0.180. The smallest absolute Gasteiger partial charge is 0.186 e. The number of hydrogen-bond donors (Lipinski definition) is 4. The van der Waals surface area contributed by atoms with Crippen molar-refractivity contribution in [3.63, 3.8) is 0 Å². The lowest BCUT2D eigenvalue weighted by Gasteiger charge is -2.39. The standard InChI is InChI=1S/C9H17BO6/c10-2-1-3-15-9-8(14)7(13)6(12)5(4-11)16-9/h5-9,11-14H,1-4H2/t5-,6-,7+,8+,9?/m1/s1. The van der Waals surface area contributed by atoms with Gasteiger partial charge in [0.2, 0.25) is 0 Å². The summed E-state index contributed by atoms with van der Waals surface area (Å²) in [5.41, 5.74) is 0. The quantitative estimate of drug-likeness (QED) is 0.316. The van der Waals surface area contributed by atoms with Gasteiger partial charge >= 0.3 is 0 Å². The Morgan fingerprint density at radius 3 is 2.38 bits per heavy atom. The van der Waals surface area contributed by atoms with Crippen LogP contribution in [0.2, 0.25) is 6.32 Å². The Morgan fingerprint density at radius 2 is 1.81 bits per heavy atom. The van der Waals surface area contributed by atoms with Gasteiger partial charge in [-0.05, 0) is 6.42 Å². The van der Waals surface area contributed by atoms with Crippen LogP contribution in [0.4, 0.5) is 0 Å². The van der Waals surface area contributed by atoms with Crippen LogP contribution < -0.4 is 0 Å². The third kappa shape index (κ3) is 3.16. The topological polar surface area (TPSA) is 99.4 Å². The molecule has 0 aromatic heterocycles. The van der Waals surface area contributed by atoms with E-state index < -0.39 is 37.3 Å². The van der Waals surface area contributed by atoms with Crippen LogP contribution in [-0.2, 0) is 9.47 Å². The molecular weight excluding hydrogens is 215 g/mol. The highest BCUT2D eigenvalue weighted by Crippen LogP contribution is 2.21. The molecule has 1 rings (SSSR count). The molecule has 4 N–H and O–H groups in total. The van der Waals surface area contributed by atoms with Crippen LogP contribution in [0.25, 0.3) is 0 Å². The van der Waals surface area contributed by atoms with E-state index in [1.807, 2.05) is 0 Å². The third-order valence-electron chi connectivity index (χ3n) is 2.48. The van der Waals surface area contributed by atoms with Crippen LogP contribution in [0, 0.1) is 0 Å². The first-order chi connectivity index (χ1) is 7.61. The summed E-state index contributed by atoms with van der Waals surface area (Å²) >= 11 is 0. The molecule has 6 nitrogen and oxygen atoms in total. The Kier molecular flexibility index (Phi) is 5.67. The van der Waals surface area contributed by atoms with Crippen molar-refractivity contribution in [2.45, 2.75) is 43.4 Å². The van der Waals surface area contributed by atoms with Gasteiger partial charge in [-0.15, -0.1) is 0 Å². The molecule has 0 amide bonds. The molecule has 1 unspecified atom stereocenters.